The minimum atomic E-state index is -0.592. The molecule has 128 valence electrons. The van der Waals surface area contributed by atoms with E-state index in [-0.39, 0.29) is 30.4 Å². The van der Waals surface area contributed by atoms with Crippen molar-refractivity contribution in [2.24, 2.45) is 0 Å². The number of nitrogens with zero attached hydrogens (tertiary/aromatic N) is 1. The lowest BCUT2D eigenvalue weighted by Crippen LogP contribution is -2.55. The number of rotatable bonds is 3. The van der Waals surface area contributed by atoms with E-state index in [4.69, 9.17) is 4.74 Å². The van der Waals surface area contributed by atoms with Gasteiger partial charge in [0.05, 0.1) is 11.3 Å². The number of halogens is 1. The molecule has 0 spiro atoms. The minimum absolute atomic E-state index is 0.0184. The predicted molar refractivity (Wildman–Crippen MR) is 90.6 cm³/mol. The van der Waals surface area contributed by atoms with Crippen LogP contribution in [-0.2, 0) is 14.3 Å². The molecule has 1 saturated heterocycles. The molecule has 0 bridgehead atoms. The van der Waals surface area contributed by atoms with E-state index in [1.54, 1.807) is 23.1 Å². The van der Waals surface area contributed by atoms with Gasteiger partial charge in [0.1, 0.15) is 12.6 Å². The van der Waals surface area contributed by atoms with Gasteiger partial charge >= 0.3 is 0 Å². The number of hydrogen-bond acceptors (Lipinski definition) is 4. The third-order valence-corrected chi connectivity index (χ3v) is 4.77. The maximum Gasteiger partial charge on any atom is 0.256 e. The number of hydrogen-bond donors (Lipinski definition) is 2. The molecule has 0 aromatic heterocycles. The molecule has 3 amide bonds. The Labute approximate surface area is 147 Å². The van der Waals surface area contributed by atoms with Crippen LogP contribution < -0.4 is 10.6 Å². The molecule has 8 heteroatoms. The number of ether oxygens (including phenoxy) is 1. The molecule has 2 N–H and O–H groups in total. The fourth-order valence-electron chi connectivity index (χ4n) is 3.16. The molecule has 2 heterocycles. The van der Waals surface area contributed by atoms with E-state index in [0.717, 1.165) is 4.47 Å². The molecule has 0 unspecified atom stereocenters. The smallest absolute Gasteiger partial charge is 0.256 e. The van der Waals surface area contributed by atoms with Gasteiger partial charge in [-0.05, 0) is 31.0 Å². The number of anilines is 1. The average Bonchev–Trinajstić information content (AvgIpc) is 2.64. The fourth-order valence-corrected chi connectivity index (χ4v) is 3.52. The molecule has 1 aromatic carbocycles. The number of nitrogens with one attached hydrogen (secondary N) is 2. The summed E-state index contributed by atoms with van der Waals surface area (Å²) >= 11 is 3.36. The molecule has 3 rings (SSSR count). The second kappa shape index (κ2) is 6.90. The summed E-state index contributed by atoms with van der Waals surface area (Å²) in [7, 11) is 1.45. The summed E-state index contributed by atoms with van der Waals surface area (Å²) in [6.45, 7) is 0.399. The van der Waals surface area contributed by atoms with Crippen LogP contribution in [0.1, 0.15) is 23.2 Å². The molecule has 0 saturated carbocycles. The van der Waals surface area contributed by atoms with Crippen molar-refractivity contribution in [2.75, 3.05) is 25.6 Å². The van der Waals surface area contributed by atoms with Gasteiger partial charge in [-0.2, -0.15) is 0 Å². The van der Waals surface area contributed by atoms with Crippen LogP contribution in [0.5, 0.6) is 0 Å². The van der Waals surface area contributed by atoms with Crippen molar-refractivity contribution in [3.63, 3.8) is 0 Å². The number of benzene rings is 1. The molecule has 1 fully saturated rings. The third kappa shape index (κ3) is 3.29. The molecule has 7 nitrogen and oxygen atoms in total. The van der Waals surface area contributed by atoms with Gasteiger partial charge < -0.3 is 20.3 Å². The largest absolute Gasteiger partial charge is 0.375 e. The lowest BCUT2D eigenvalue weighted by atomic mass is 9.96. The molecular formula is C16H18BrN3O4. The number of fused-ring (bicyclic) bond motifs is 2. The molecule has 2 aliphatic heterocycles. The summed E-state index contributed by atoms with van der Waals surface area (Å²) < 4.78 is 5.58. The van der Waals surface area contributed by atoms with Gasteiger partial charge in [0.25, 0.3) is 5.91 Å². The Bertz CT molecular complexity index is 694. The van der Waals surface area contributed by atoms with Crippen LogP contribution in [-0.4, -0.2) is 55.0 Å². The quantitative estimate of drug-likeness (QED) is 0.802. The molecule has 1 aromatic rings. The van der Waals surface area contributed by atoms with Crippen molar-refractivity contribution in [1.82, 2.24) is 10.2 Å². The van der Waals surface area contributed by atoms with Crippen molar-refractivity contribution in [1.29, 1.82) is 0 Å². The Hall–Kier alpha value is -1.93. The van der Waals surface area contributed by atoms with Gasteiger partial charge in [0.2, 0.25) is 11.8 Å². The Morgan fingerprint density at radius 2 is 2.25 bits per heavy atom. The Kier molecular flexibility index (Phi) is 4.86. The maximum atomic E-state index is 12.8. The highest BCUT2D eigenvalue weighted by atomic mass is 79.9. The van der Waals surface area contributed by atoms with Crippen molar-refractivity contribution >= 4 is 39.3 Å². The zero-order chi connectivity index (χ0) is 17.3. The van der Waals surface area contributed by atoms with Crippen LogP contribution in [0, 0.1) is 0 Å². The Morgan fingerprint density at radius 1 is 1.46 bits per heavy atom. The average molecular weight is 396 g/mol. The van der Waals surface area contributed by atoms with Gasteiger partial charge in [0.15, 0.2) is 0 Å². The fraction of sp³-hybridized carbons (Fsp3) is 0.438. The van der Waals surface area contributed by atoms with E-state index in [0.29, 0.717) is 30.6 Å². The van der Waals surface area contributed by atoms with Crippen LogP contribution in [0.25, 0.3) is 0 Å². The standard InChI is InChI=1S/C16H18BrN3O4/c1-24-8-14(21)18-10-4-5-20-13(7-10)15(22)19-12-3-2-9(17)6-11(12)16(20)23/h2-3,6,10,13H,4-5,7-8H2,1H3,(H,18,21)(H,19,22)/t10-,13+/m1/s1. The lowest BCUT2D eigenvalue weighted by molar-refractivity contribution is -0.127. The van der Waals surface area contributed by atoms with Gasteiger partial charge in [-0.1, -0.05) is 15.9 Å². The Balaban J connectivity index is 1.80. The van der Waals surface area contributed by atoms with E-state index in [2.05, 4.69) is 26.6 Å². The number of piperidine rings is 1. The zero-order valence-corrected chi connectivity index (χ0v) is 14.8. The summed E-state index contributed by atoms with van der Waals surface area (Å²) in [4.78, 5) is 38.6. The lowest BCUT2D eigenvalue weighted by Gasteiger charge is -2.37. The van der Waals surface area contributed by atoms with Gasteiger partial charge in [-0.15, -0.1) is 0 Å². The number of amides is 3. The molecular weight excluding hydrogens is 378 g/mol. The number of carbonyl (C=O) groups is 3. The molecule has 0 radical (unpaired) electrons. The SMILES string of the molecule is COCC(=O)N[C@@H]1CCN2C(=O)c3cc(Br)ccc3NC(=O)[C@@H]2C1. The third-order valence-electron chi connectivity index (χ3n) is 4.28. The van der Waals surface area contributed by atoms with Crippen molar-refractivity contribution in [3.8, 4) is 0 Å². The van der Waals surface area contributed by atoms with Crippen molar-refractivity contribution in [2.45, 2.75) is 24.9 Å². The number of methoxy groups -OCH3 is 1. The topological polar surface area (TPSA) is 87.7 Å². The van der Waals surface area contributed by atoms with Crippen molar-refractivity contribution < 1.29 is 19.1 Å². The predicted octanol–water partition coefficient (Wildman–Crippen LogP) is 1.14. The van der Waals surface area contributed by atoms with Gasteiger partial charge in [-0.3, -0.25) is 14.4 Å². The molecule has 24 heavy (non-hydrogen) atoms. The first kappa shape index (κ1) is 16.9. The highest BCUT2D eigenvalue weighted by Crippen LogP contribution is 2.30. The summed E-state index contributed by atoms with van der Waals surface area (Å²) in [5.41, 5.74) is 0.990. The maximum absolute atomic E-state index is 12.8. The summed E-state index contributed by atoms with van der Waals surface area (Å²) in [5, 5.41) is 5.67. The second-order valence-corrected chi connectivity index (χ2v) is 6.83. The first-order valence-electron chi connectivity index (χ1n) is 7.69. The van der Waals surface area contributed by atoms with Crippen molar-refractivity contribution in [3.05, 3.63) is 28.2 Å². The van der Waals surface area contributed by atoms with Crippen LogP contribution in [0.15, 0.2) is 22.7 Å². The molecule has 2 aliphatic rings. The molecule has 0 aliphatic carbocycles. The first-order valence-corrected chi connectivity index (χ1v) is 8.48. The highest BCUT2D eigenvalue weighted by molar-refractivity contribution is 9.10. The van der Waals surface area contributed by atoms with E-state index < -0.39 is 6.04 Å². The summed E-state index contributed by atoms with van der Waals surface area (Å²) in [5.74, 6) is -0.616. The Morgan fingerprint density at radius 3 is 3.00 bits per heavy atom. The normalized spacial score (nSPS) is 23.0. The molecule has 2 atom stereocenters. The van der Waals surface area contributed by atoms with E-state index >= 15 is 0 Å². The second-order valence-electron chi connectivity index (χ2n) is 5.92. The highest BCUT2D eigenvalue weighted by Gasteiger charge is 2.40. The van der Waals surface area contributed by atoms with Gasteiger partial charge in [0, 0.05) is 24.2 Å². The van der Waals surface area contributed by atoms with Gasteiger partial charge in [-0.25, -0.2) is 0 Å². The monoisotopic (exact) mass is 395 g/mol. The van der Waals surface area contributed by atoms with E-state index in [9.17, 15) is 14.4 Å². The summed E-state index contributed by atoms with van der Waals surface area (Å²) in [6, 6.07) is 4.47. The zero-order valence-electron chi connectivity index (χ0n) is 13.2. The van der Waals surface area contributed by atoms with Crippen LogP contribution in [0.2, 0.25) is 0 Å². The minimum Gasteiger partial charge on any atom is -0.375 e. The van der Waals surface area contributed by atoms with Crippen LogP contribution >= 0.6 is 15.9 Å². The van der Waals surface area contributed by atoms with E-state index in [1.165, 1.54) is 7.11 Å². The van der Waals surface area contributed by atoms with E-state index in [1.807, 2.05) is 0 Å². The van der Waals surface area contributed by atoms with Crippen LogP contribution in [0.3, 0.4) is 0 Å². The summed E-state index contributed by atoms with van der Waals surface area (Å²) in [6.07, 6.45) is 0.997. The van der Waals surface area contributed by atoms with Crippen LogP contribution in [0.4, 0.5) is 5.69 Å². The number of carbonyl (C=O) groups excluding carboxylic acids is 3. The first-order chi connectivity index (χ1) is 11.5.